The van der Waals surface area contributed by atoms with Crippen LogP contribution in [0.25, 0.3) is 22.8 Å². The van der Waals surface area contributed by atoms with E-state index in [2.05, 4.69) is 31.0 Å². The fourth-order valence-corrected chi connectivity index (χ4v) is 4.49. The third-order valence-corrected chi connectivity index (χ3v) is 6.23. The number of nitrogens with zero attached hydrogens (tertiary/aromatic N) is 3. The maximum atomic E-state index is 4.98. The van der Waals surface area contributed by atoms with Crippen LogP contribution in [0.15, 0.2) is 54.7 Å². The van der Waals surface area contributed by atoms with Gasteiger partial charge in [0.15, 0.2) is 0 Å². The lowest BCUT2D eigenvalue weighted by atomic mass is 9.48. The molecule has 25 heavy (non-hydrogen) atoms. The molecule has 3 aromatic heterocycles. The van der Waals surface area contributed by atoms with E-state index in [0.29, 0.717) is 11.3 Å². The minimum absolute atomic E-state index is 0.438. The lowest BCUT2D eigenvalue weighted by Crippen LogP contribution is -2.48. The van der Waals surface area contributed by atoms with Crippen LogP contribution in [0.1, 0.15) is 37.4 Å². The van der Waals surface area contributed by atoms with Crippen LogP contribution in [-0.4, -0.2) is 15.0 Å². The van der Waals surface area contributed by atoms with E-state index in [1.165, 1.54) is 17.7 Å². The zero-order chi connectivity index (χ0) is 17.0. The highest BCUT2D eigenvalue weighted by Gasteiger charge is 2.52. The van der Waals surface area contributed by atoms with Gasteiger partial charge in [0.2, 0.25) is 0 Å². The molecule has 3 heterocycles. The van der Waals surface area contributed by atoms with Crippen molar-refractivity contribution in [3.05, 3.63) is 66.0 Å². The Balaban J connectivity index is 1.53. The van der Waals surface area contributed by atoms with E-state index in [9.17, 15) is 0 Å². The summed E-state index contributed by atoms with van der Waals surface area (Å²) in [4.78, 5) is 14.2. The number of pyridine rings is 3. The fourth-order valence-electron chi connectivity index (χ4n) is 4.49. The zero-order valence-corrected chi connectivity index (χ0v) is 14.6. The lowest BCUT2D eigenvalue weighted by Gasteiger charge is -2.56. The monoisotopic (exact) mass is 327 g/mol. The quantitative estimate of drug-likeness (QED) is 0.672. The van der Waals surface area contributed by atoms with Crippen LogP contribution < -0.4 is 0 Å². The van der Waals surface area contributed by atoms with Crippen molar-refractivity contribution in [2.24, 2.45) is 11.3 Å². The van der Waals surface area contributed by atoms with Gasteiger partial charge in [-0.3, -0.25) is 9.97 Å². The lowest BCUT2D eigenvalue weighted by molar-refractivity contribution is 0.0170. The van der Waals surface area contributed by atoms with E-state index in [1.54, 1.807) is 6.20 Å². The molecule has 0 radical (unpaired) electrons. The summed E-state index contributed by atoms with van der Waals surface area (Å²) in [6.45, 7) is 4.81. The molecule has 0 amide bonds. The molecule has 3 aromatic rings. The second-order valence-corrected chi connectivity index (χ2v) is 7.87. The summed E-state index contributed by atoms with van der Waals surface area (Å²) in [6.07, 6.45) is 4.23. The maximum absolute atomic E-state index is 4.98. The Morgan fingerprint density at radius 1 is 0.840 bits per heavy atom. The van der Waals surface area contributed by atoms with E-state index in [-0.39, 0.29) is 0 Å². The van der Waals surface area contributed by atoms with Gasteiger partial charge >= 0.3 is 0 Å². The molecule has 2 bridgehead atoms. The Labute approximate surface area is 148 Å². The Hall–Kier alpha value is -2.55. The third kappa shape index (κ3) is 2.22. The van der Waals surface area contributed by atoms with Crippen LogP contribution in [0.2, 0.25) is 0 Å². The second kappa shape index (κ2) is 5.22. The van der Waals surface area contributed by atoms with Crippen LogP contribution in [-0.2, 0) is 6.42 Å². The molecule has 6 rings (SSSR count). The van der Waals surface area contributed by atoms with Crippen LogP contribution in [0.3, 0.4) is 0 Å². The molecule has 3 aliphatic carbocycles. The first kappa shape index (κ1) is 14.8. The molecule has 2 atom stereocenters. The van der Waals surface area contributed by atoms with Gasteiger partial charge in [0.05, 0.1) is 22.8 Å². The normalized spacial score (nSPS) is 22.8. The zero-order valence-electron chi connectivity index (χ0n) is 14.6. The van der Waals surface area contributed by atoms with Gasteiger partial charge in [0.1, 0.15) is 0 Å². The molecule has 3 nitrogen and oxygen atoms in total. The largest absolute Gasteiger partial charge is 0.255 e. The van der Waals surface area contributed by atoms with E-state index in [0.717, 1.165) is 35.1 Å². The molecular formula is C22H21N3. The molecule has 0 spiro atoms. The van der Waals surface area contributed by atoms with Crippen molar-refractivity contribution in [1.82, 2.24) is 15.0 Å². The first-order valence-electron chi connectivity index (χ1n) is 9.01. The Kier molecular flexibility index (Phi) is 3.08. The fraction of sp³-hybridized carbons (Fsp3) is 0.318. The van der Waals surface area contributed by atoms with Gasteiger partial charge in [0, 0.05) is 11.9 Å². The number of hydrogen-bond donors (Lipinski definition) is 0. The number of rotatable bonds is 2. The van der Waals surface area contributed by atoms with E-state index in [4.69, 9.17) is 9.97 Å². The Morgan fingerprint density at radius 3 is 2.36 bits per heavy atom. The molecule has 0 aromatic carbocycles. The summed E-state index contributed by atoms with van der Waals surface area (Å²) in [6, 6.07) is 16.4. The van der Waals surface area contributed by atoms with Gasteiger partial charge in [-0.25, -0.2) is 4.98 Å². The Morgan fingerprint density at radius 2 is 1.60 bits per heavy atom. The summed E-state index contributed by atoms with van der Waals surface area (Å²) in [5.74, 6) is 1.45. The van der Waals surface area contributed by atoms with Gasteiger partial charge in [0.25, 0.3) is 0 Å². The van der Waals surface area contributed by atoms with Crippen molar-refractivity contribution < 1.29 is 0 Å². The molecule has 0 unspecified atom stereocenters. The first-order chi connectivity index (χ1) is 12.1. The van der Waals surface area contributed by atoms with Crippen molar-refractivity contribution in [2.45, 2.75) is 32.6 Å². The molecule has 1 fully saturated rings. The average molecular weight is 327 g/mol. The molecular weight excluding hydrogens is 306 g/mol. The number of aromatic nitrogens is 3. The second-order valence-electron chi connectivity index (χ2n) is 7.87. The van der Waals surface area contributed by atoms with Gasteiger partial charge in [-0.2, -0.15) is 0 Å². The van der Waals surface area contributed by atoms with Crippen molar-refractivity contribution in [3.8, 4) is 22.8 Å². The van der Waals surface area contributed by atoms with Crippen molar-refractivity contribution in [3.63, 3.8) is 0 Å². The van der Waals surface area contributed by atoms with Crippen LogP contribution >= 0.6 is 0 Å². The molecule has 124 valence electrons. The van der Waals surface area contributed by atoms with Crippen LogP contribution in [0.5, 0.6) is 0 Å². The summed E-state index contributed by atoms with van der Waals surface area (Å²) < 4.78 is 0. The summed E-state index contributed by atoms with van der Waals surface area (Å²) in [5, 5.41) is 0. The average Bonchev–Trinajstić information content (AvgIpc) is 2.67. The van der Waals surface area contributed by atoms with Gasteiger partial charge in [-0.05, 0) is 66.0 Å². The predicted molar refractivity (Wildman–Crippen MR) is 99.0 cm³/mol. The molecule has 0 saturated heterocycles. The standard InChI is InChI=1S/C22H21N3/c1-22(2)14-12-16(22)15-9-10-20(25-21(15)13-14)19-8-5-7-18(24-19)17-6-3-4-11-23-17/h3-11,14,16H,12-13H2,1-2H3/t14-,16+/m0/s1. The third-order valence-electron chi connectivity index (χ3n) is 6.23. The van der Waals surface area contributed by atoms with Crippen molar-refractivity contribution >= 4 is 0 Å². The summed E-state index contributed by atoms with van der Waals surface area (Å²) >= 11 is 0. The highest BCUT2D eigenvalue weighted by atomic mass is 14.8. The van der Waals surface area contributed by atoms with Crippen molar-refractivity contribution in [2.75, 3.05) is 0 Å². The van der Waals surface area contributed by atoms with Crippen LogP contribution in [0, 0.1) is 11.3 Å². The highest BCUT2D eigenvalue weighted by molar-refractivity contribution is 5.62. The Bertz CT molecular complexity index is 946. The molecule has 0 N–H and O–H groups in total. The summed E-state index contributed by atoms with van der Waals surface area (Å²) in [5.41, 5.74) is 6.85. The number of hydrogen-bond acceptors (Lipinski definition) is 3. The predicted octanol–water partition coefficient (Wildman–Crippen LogP) is 4.89. The first-order valence-corrected chi connectivity index (χ1v) is 9.01. The topological polar surface area (TPSA) is 38.7 Å². The molecule has 3 heteroatoms. The van der Waals surface area contributed by atoms with Gasteiger partial charge < -0.3 is 0 Å². The van der Waals surface area contributed by atoms with Gasteiger partial charge in [-0.1, -0.05) is 32.0 Å². The van der Waals surface area contributed by atoms with E-state index >= 15 is 0 Å². The minimum atomic E-state index is 0.438. The molecule has 3 aliphatic rings. The highest BCUT2D eigenvalue weighted by Crippen LogP contribution is 2.61. The van der Waals surface area contributed by atoms with Gasteiger partial charge in [-0.15, -0.1) is 0 Å². The van der Waals surface area contributed by atoms with Crippen molar-refractivity contribution in [1.29, 1.82) is 0 Å². The minimum Gasteiger partial charge on any atom is -0.255 e. The van der Waals surface area contributed by atoms with E-state index in [1.807, 2.05) is 36.4 Å². The van der Waals surface area contributed by atoms with E-state index < -0.39 is 0 Å². The maximum Gasteiger partial charge on any atom is 0.0894 e. The molecule has 0 aliphatic heterocycles. The summed E-state index contributed by atoms with van der Waals surface area (Å²) in [7, 11) is 0. The van der Waals surface area contributed by atoms with Crippen LogP contribution in [0.4, 0.5) is 0 Å². The SMILES string of the molecule is CC1(C)[C@@H]2Cc3nc(-c4cccc(-c5ccccn5)n4)ccc3[C@H]1C2. The molecule has 1 saturated carbocycles. The smallest absolute Gasteiger partial charge is 0.0894 e.